The van der Waals surface area contributed by atoms with E-state index in [1.165, 1.54) is 16.5 Å². The Bertz CT molecular complexity index is 1080. The molecule has 1 unspecified atom stereocenters. The summed E-state index contributed by atoms with van der Waals surface area (Å²) < 4.78 is 5.46. The van der Waals surface area contributed by atoms with Crippen LogP contribution in [0.4, 0.5) is 5.82 Å². The maximum atomic E-state index is 10.3. The van der Waals surface area contributed by atoms with Crippen LogP contribution in [0.5, 0.6) is 11.8 Å². The smallest absolute Gasteiger partial charge is 0.318 e. The Balaban J connectivity index is 1.52. The summed E-state index contributed by atoms with van der Waals surface area (Å²) in [6.45, 7) is 4.03. The van der Waals surface area contributed by atoms with Crippen molar-refractivity contribution in [2.75, 3.05) is 45.2 Å². The molecule has 6 heteroatoms. The summed E-state index contributed by atoms with van der Waals surface area (Å²) in [5, 5.41) is 12.6. The van der Waals surface area contributed by atoms with Gasteiger partial charge in [0.15, 0.2) is 0 Å². The van der Waals surface area contributed by atoms with E-state index in [0.29, 0.717) is 17.7 Å². The number of rotatable bonds is 3. The second-order valence-electron chi connectivity index (χ2n) is 8.45. The summed E-state index contributed by atoms with van der Waals surface area (Å²) in [5.41, 5.74) is 3.55. The first kappa shape index (κ1) is 19.1. The minimum atomic E-state index is 0.314. The van der Waals surface area contributed by atoms with Crippen LogP contribution in [-0.4, -0.2) is 60.3 Å². The number of methoxy groups -OCH3 is 1. The third-order valence-electron chi connectivity index (χ3n) is 6.54. The number of phenolic OH excluding ortho intramolecular Hbond substituents is 1. The van der Waals surface area contributed by atoms with Crippen molar-refractivity contribution in [3.8, 4) is 11.8 Å². The number of benzene rings is 2. The van der Waals surface area contributed by atoms with Crippen LogP contribution in [0.3, 0.4) is 0 Å². The fraction of sp³-hybridized carbons (Fsp3) is 0.417. The molecule has 156 valence electrons. The monoisotopic (exact) mass is 404 g/mol. The Morgan fingerprint density at radius 1 is 1.07 bits per heavy atom. The van der Waals surface area contributed by atoms with Gasteiger partial charge in [0.25, 0.3) is 0 Å². The number of nitrogens with zero attached hydrogens (tertiary/aromatic N) is 4. The first-order chi connectivity index (χ1) is 14.6. The molecule has 5 rings (SSSR count). The molecular formula is C24H28N4O2. The van der Waals surface area contributed by atoms with Crippen molar-refractivity contribution in [3.05, 3.63) is 53.2 Å². The molecule has 2 aromatic carbocycles. The van der Waals surface area contributed by atoms with Gasteiger partial charge in [-0.05, 0) is 60.7 Å². The van der Waals surface area contributed by atoms with Gasteiger partial charge >= 0.3 is 6.01 Å². The lowest BCUT2D eigenvalue weighted by Gasteiger charge is -2.36. The second kappa shape index (κ2) is 7.76. The van der Waals surface area contributed by atoms with Crippen molar-refractivity contribution in [2.45, 2.75) is 25.2 Å². The van der Waals surface area contributed by atoms with Crippen molar-refractivity contribution in [3.63, 3.8) is 0 Å². The molecule has 1 atom stereocenters. The van der Waals surface area contributed by atoms with Gasteiger partial charge in [0, 0.05) is 31.7 Å². The van der Waals surface area contributed by atoms with Crippen LogP contribution >= 0.6 is 0 Å². The lowest BCUT2D eigenvalue weighted by atomic mass is 9.80. The quantitative estimate of drug-likeness (QED) is 0.722. The summed E-state index contributed by atoms with van der Waals surface area (Å²) in [4.78, 5) is 14.2. The maximum absolute atomic E-state index is 10.3. The standard InChI is InChI=1S/C24H28N4O2/c1-27-9-11-28(12-10-27)23-20-8-7-17(14-22(20)25-24(26-23)30-2)21-15-18(29)13-16-5-3-4-6-19(16)21/h3-6,13,15,17,29H,7-12,14H2,1-2H3. The van der Waals surface area contributed by atoms with Crippen LogP contribution in [0, 0.1) is 0 Å². The maximum Gasteiger partial charge on any atom is 0.318 e. The highest BCUT2D eigenvalue weighted by atomic mass is 16.5. The number of likely N-dealkylation sites (N-methyl/N-ethyl adjacent to an activating group) is 1. The highest BCUT2D eigenvalue weighted by Gasteiger charge is 2.29. The number of anilines is 1. The topological polar surface area (TPSA) is 61.7 Å². The van der Waals surface area contributed by atoms with Gasteiger partial charge in [0.2, 0.25) is 0 Å². The van der Waals surface area contributed by atoms with Crippen LogP contribution in [0.15, 0.2) is 36.4 Å². The Morgan fingerprint density at radius 2 is 1.87 bits per heavy atom. The average molecular weight is 405 g/mol. The third kappa shape index (κ3) is 3.45. The van der Waals surface area contributed by atoms with Crippen molar-refractivity contribution >= 4 is 16.6 Å². The minimum absolute atomic E-state index is 0.314. The predicted molar refractivity (Wildman–Crippen MR) is 119 cm³/mol. The van der Waals surface area contributed by atoms with E-state index in [4.69, 9.17) is 14.7 Å². The van der Waals surface area contributed by atoms with Crippen LogP contribution in [0.2, 0.25) is 0 Å². The van der Waals surface area contributed by atoms with Gasteiger partial charge in [-0.2, -0.15) is 9.97 Å². The summed E-state index contributed by atoms with van der Waals surface area (Å²) in [6.07, 6.45) is 2.80. The SMILES string of the molecule is COc1nc2c(c(N3CCN(C)CC3)n1)CCC(c1cc(O)cc3ccccc13)C2. The van der Waals surface area contributed by atoms with Crippen LogP contribution in [0.1, 0.15) is 29.2 Å². The van der Waals surface area contributed by atoms with Gasteiger partial charge in [0.1, 0.15) is 11.6 Å². The van der Waals surface area contributed by atoms with E-state index < -0.39 is 0 Å². The van der Waals surface area contributed by atoms with Gasteiger partial charge in [-0.25, -0.2) is 0 Å². The summed E-state index contributed by atoms with van der Waals surface area (Å²) in [6, 6.07) is 12.5. The molecular weight excluding hydrogens is 376 g/mol. The summed E-state index contributed by atoms with van der Waals surface area (Å²) in [7, 11) is 3.80. The van der Waals surface area contributed by atoms with Crippen LogP contribution < -0.4 is 9.64 Å². The third-order valence-corrected chi connectivity index (χ3v) is 6.54. The van der Waals surface area contributed by atoms with Gasteiger partial charge in [-0.3, -0.25) is 0 Å². The highest BCUT2D eigenvalue weighted by molar-refractivity contribution is 5.87. The van der Waals surface area contributed by atoms with Crippen LogP contribution in [-0.2, 0) is 12.8 Å². The number of aromatic nitrogens is 2. The predicted octanol–water partition coefficient (Wildman–Crippen LogP) is 3.37. The molecule has 6 nitrogen and oxygen atoms in total. The fourth-order valence-electron chi connectivity index (χ4n) is 4.87. The van der Waals surface area contributed by atoms with Gasteiger partial charge in [-0.1, -0.05) is 24.3 Å². The molecule has 1 saturated heterocycles. The molecule has 0 amide bonds. The Kier molecular flexibility index (Phi) is 4.95. The summed E-state index contributed by atoms with van der Waals surface area (Å²) in [5.74, 6) is 1.69. The molecule has 0 spiro atoms. The number of piperazine rings is 1. The van der Waals surface area contributed by atoms with Crippen LogP contribution in [0.25, 0.3) is 10.8 Å². The molecule has 2 heterocycles. The molecule has 0 bridgehead atoms. The lowest BCUT2D eigenvalue weighted by Crippen LogP contribution is -2.45. The molecule has 1 aromatic heterocycles. The zero-order valence-corrected chi connectivity index (χ0v) is 17.6. The van der Waals surface area contributed by atoms with E-state index in [0.717, 1.165) is 62.3 Å². The highest BCUT2D eigenvalue weighted by Crippen LogP contribution is 2.40. The first-order valence-electron chi connectivity index (χ1n) is 10.7. The molecule has 0 radical (unpaired) electrons. The lowest BCUT2D eigenvalue weighted by molar-refractivity contribution is 0.310. The summed E-state index contributed by atoms with van der Waals surface area (Å²) >= 11 is 0. The minimum Gasteiger partial charge on any atom is -0.508 e. The molecule has 1 fully saturated rings. The molecule has 1 N–H and O–H groups in total. The van der Waals surface area contributed by atoms with Gasteiger partial charge in [-0.15, -0.1) is 0 Å². The van der Waals surface area contributed by atoms with Crippen molar-refractivity contribution in [1.29, 1.82) is 0 Å². The Hall–Kier alpha value is -2.86. The zero-order valence-electron chi connectivity index (χ0n) is 17.6. The van der Waals surface area contributed by atoms with Crippen molar-refractivity contribution in [1.82, 2.24) is 14.9 Å². The van der Waals surface area contributed by atoms with E-state index in [1.807, 2.05) is 18.2 Å². The number of fused-ring (bicyclic) bond motifs is 2. The zero-order chi connectivity index (χ0) is 20.7. The van der Waals surface area contributed by atoms with E-state index >= 15 is 0 Å². The molecule has 0 saturated carbocycles. The molecule has 2 aliphatic rings. The first-order valence-corrected chi connectivity index (χ1v) is 10.7. The average Bonchev–Trinajstić information content (AvgIpc) is 2.78. The number of hydrogen-bond acceptors (Lipinski definition) is 6. The van der Waals surface area contributed by atoms with E-state index in [-0.39, 0.29) is 0 Å². The Labute approximate surface area is 177 Å². The number of phenols is 1. The fourth-order valence-corrected chi connectivity index (χ4v) is 4.87. The molecule has 1 aliphatic heterocycles. The molecule has 30 heavy (non-hydrogen) atoms. The Morgan fingerprint density at radius 3 is 2.67 bits per heavy atom. The van der Waals surface area contributed by atoms with Crippen molar-refractivity contribution in [2.24, 2.45) is 0 Å². The number of aromatic hydroxyl groups is 1. The van der Waals surface area contributed by atoms with Gasteiger partial charge < -0.3 is 19.6 Å². The number of hydrogen-bond donors (Lipinski definition) is 1. The second-order valence-corrected chi connectivity index (χ2v) is 8.45. The normalized spacial score (nSPS) is 19.7. The molecule has 3 aromatic rings. The van der Waals surface area contributed by atoms with Crippen molar-refractivity contribution < 1.29 is 9.84 Å². The van der Waals surface area contributed by atoms with E-state index in [1.54, 1.807) is 7.11 Å². The van der Waals surface area contributed by atoms with Gasteiger partial charge in [0.05, 0.1) is 12.8 Å². The number of ether oxygens (including phenoxy) is 1. The molecule has 1 aliphatic carbocycles. The van der Waals surface area contributed by atoms with E-state index in [2.05, 4.69) is 35.0 Å². The largest absolute Gasteiger partial charge is 0.508 e. The van der Waals surface area contributed by atoms with E-state index in [9.17, 15) is 5.11 Å².